The number of hydrogen-bond donors (Lipinski definition) is 2. The Balaban J connectivity index is 1.58. The Labute approximate surface area is 173 Å². The van der Waals surface area contributed by atoms with Crippen molar-refractivity contribution in [3.8, 4) is 17.1 Å². The third-order valence-electron chi connectivity index (χ3n) is 3.89. The number of ether oxygens (including phenoxy) is 1. The predicted molar refractivity (Wildman–Crippen MR) is 110 cm³/mol. The molecule has 1 aromatic heterocycles. The molecule has 8 heteroatoms. The van der Waals surface area contributed by atoms with Gasteiger partial charge in [-0.15, -0.1) is 0 Å². The van der Waals surface area contributed by atoms with Gasteiger partial charge in [-0.3, -0.25) is 9.59 Å². The molecule has 0 aliphatic rings. The fraction of sp³-hybridized carbons (Fsp3) is 0.190. The second kappa shape index (κ2) is 9.75. The van der Waals surface area contributed by atoms with Crippen LogP contribution < -0.4 is 15.4 Å². The Morgan fingerprint density at radius 3 is 2.69 bits per heavy atom. The first-order valence-electron chi connectivity index (χ1n) is 9.09. The van der Waals surface area contributed by atoms with Crippen LogP contribution in [0.1, 0.15) is 23.8 Å². The second-order valence-corrected chi connectivity index (χ2v) is 6.60. The van der Waals surface area contributed by atoms with E-state index in [-0.39, 0.29) is 12.2 Å². The van der Waals surface area contributed by atoms with Gasteiger partial charge in [-0.05, 0) is 24.6 Å². The van der Waals surface area contributed by atoms with Gasteiger partial charge in [0.1, 0.15) is 5.75 Å². The average Bonchev–Trinajstić information content (AvgIpc) is 3.22. The van der Waals surface area contributed by atoms with Gasteiger partial charge in [-0.2, -0.15) is 0 Å². The van der Waals surface area contributed by atoms with Gasteiger partial charge < -0.3 is 19.9 Å². The molecular formula is C21H20ClN3O4. The molecule has 2 amide bonds. The number of nitrogens with zero attached hydrogens (tertiary/aromatic N) is 1. The molecule has 3 rings (SSSR count). The van der Waals surface area contributed by atoms with E-state index in [0.717, 1.165) is 12.0 Å². The maximum Gasteiger partial charge on any atom is 0.273 e. The SMILES string of the molecule is CCCOc1ccc(Cl)cc1NC(=O)CNC(=O)c1cc(-c2ccccc2)on1. The highest BCUT2D eigenvalue weighted by molar-refractivity contribution is 6.31. The van der Waals surface area contributed by atoms with Gasteiger partial charge in [0.25, 0.3) is 5.91 Å². The first-order valence-corrected chi connectivity index (χ1v) is 9.47. The van der Waals surface area contributed by atoms with E-state index in [1.165, 1.54) is 6.07 Å². The monoisotopic (exact) mass is 413 g/mol. The van der Waals surface area contributed by atoms with Gasteiger partial charge in [-0.1, -0.05) is 54.0 Å². The number of rotatable bonds is 8. The normalized spacial score (nSPS) is 10.4. The van der Waals surface area contributed by atoms with E-state index in [0.29, 0.717) is 28.8 Å². The van der Waals surface area contributed by atoms with Crippen LogP contribution in [0.25, 0.3) is 11.3 Å². The maximum absolute atomic E-state index is 12.2. The van der Waals surface area contributed by atoms with Crippen molar-refractivity contribution in [2.45, 2.75) is 13.3 Å². The minimum atomic E-state index is -0.514. The quantitative estimate of drug-likeness (QED) is 0.578. The lowest BCUT2D eigenvalue weighted by atomic mass is 10.1. The topological polar surface area (TPSA) is 93.5 Å². The minimum Gasteiger partial charge on any atom is -0.491 e. The molecule has 3 aromatic rings. The molecule has 0 aliphatic carbocycles. The van der Waals surface area contributed by atoms with Gasteiger partial charge in [0.15, 0.2) is 11.5 Å². The highest BCUT2D eigenvalue weighted by Gasteiger charge is 2.15. The summed E-state index contributed by atoms with van der Waals surface area (Å²) in [6.45, 7) is 2.25. The standard InChI is InChI=1S/C21H20ClN3O4/c1-2-10-28-18-9-8-15(22)11-16(18)24-20(26)13-23-21(27)17-12-19(29-25-17)14-6-4-3-5-7-14/h3-9,11-12H,2,10,13H2,1H3,(H,23,27)(H,24,26). The van der Waals surface area contributed by atoms with Crippen molar-refractivity contribution < 1.29 is 18.8 Å². The first-order chi connectivity index (χ1) is 14.1. The van der Waals surface area contributed by atoms with E-state index in [2.05, 4.69) is 15.8 Å². The van der Waals surface area contributed by atoms with E-state index in [4.69, 9.17) is 20.9 Å². The molecule has 1 heterocycles. The number of carbonyl (C=O) groups is 2. The molecule has 29 heavy (non-hydrogen) atoms. The smallest absolute Gasteiger partial charge is 0.273 e. The zero-order valence-corrected chi connectivity index (χ0v) is 16.5. The fourth-order valence-electron chi connectivity index (χ4n) is 2.50. The van der Waals surface area contributed by atoms with Crippen LogP contribution in [0.3, 0.4) is 0 Å². The van der Waals surface area contributed by atoms with E-state index >= 15 is 0 Å². The van der Waals surface area contributed by atoms with Gasteiger partial charge in [0.05, 0.1) is 18.8 Å². The van der Waals surface area contributed by atoms with Gasteiger partial charge in [-0.25, -0.2) is 0 Å². The van der Waals surface area contributed by atoms with Crippen molar-refractivity contribution >= 4 is 29.1 Å². The molecule has 0 unspecified atom stereocenters. The highest BCUT2D eigenvalue weighted by atomic mass is 35.5. The zero-order valence-electron chi connectivity index (χ0n) is 15.8. The van der Waals surface area contributed by atoms with Crippen LogP contribution >= 0.6 is 11.6 Å². The largest absolute Gasteiger partial charge is 0.491 e. The summed E-state index contributed by atoms with van der Waals surface area (Å²) >= 11 is 6.00. The second-order valence-electron chi connectivity index (χ2n) is 6.16. The number of aromatic nitrogens is 1. The fourth-order valence-corrected chi connectivity index (χ4v) is 2.68. The lowest BCUT2D eigenvalue weighted by Crippen LogP contribution is -2.33. The lowest BCUT2D eigenvalue weighted by Gasteiger charge is -2.12. The van der Waals surface area contributed by atoms with Crippen LogP contribution in [0.4, 0.5) is 5.69 Å². The minimum absolute atomic E-state index is 0.0892. The van der Waals surface area contributed by atoms with Crippen molar-refractivity contribution in [1.29, 1.82) is 0 Å². The number of halogens is 1. The van der Waals surface area contributed by atoms with E-state index in [1.54, 1.807) is 18.2 Å². The van der Waals surface area contributed by atoms with E-state index in [1.807, 2.05) is 37.3 Å². The van der Waals surface area contributed by atoms with Crippen molar-refractivity contribution in [2.24, 2.45) is 0 Å². The molecule has 0 saturated carbocycles. The summed E-state index contributed by atoms with van der Waals surface area (Å²) in [6, 6.07) is 15.8. The molecule has 0 fully saturated rings. The summed E-state index contributed by atoms with van der Waals surface area (Å²) in [5.74, 6) is 0.0464. The predicted octanol–water partition coefficient (Wildman–Crippen LogP) is 4.15. The summed E-state index contributed by atoms with van der Waals surface area (Å²) in [5, 5.41) is 9.42. The Morgan fingerprint density at radius 2 is 1.93 bits per heavy atom. The number of amides is 2. The molecule has 0 radical (unpaired) electrons. The molecule has 2 aromatic carbocycles. The molecule has 150 valence electrons. The summed E-state index contributed by atoms with van der Waals surface area (Å²) in [6.07, 6.45) is 0.828. The molecule has 0 atom stereocenters. The number of nitrogens with one attached hydrogen (secondary N) is 2. The Hall–Kier alpha value is -3.32. The molecule has 0 aliphatic heterocycles. The Bertz CT molecular complexity index is 989. The van der Waals surface area contributed by atoms with Crippen LogP contribution in [0.5, 0.6) is 5.75 Å². The Kier molecular flexibility index (Phi) is 6.86. The van der Waals surface area contributed by atoms with Gasteiger partial charge in [0.2, 0.25) is 5.91 Å². The van der Waals surface area contributed by atoms with Crippen molar-refractivity contribution in [2.75, 3.05) is 18.5 Å². The lowest BCUT2D eigenvalue weighted by molar-refractivity contribution is -0.115. The van der Waals surface area contributed by atoms with Crippen LogP contribution in [-0.2, 0) is 4.79 Å². The number of carbonyl (C=O) groups excluding carboxylic acids is 2. The third kappa shape index (κ3) is 5.58. The third-order valence-corrected chi connectivity index (χ3v) is 4.12. The van der Waals surface area contributed by atoms with Gasteiger partial charge in [0, 0.05) is 16.7 Å². The first kappa shape index (κ1) is 20.4. The van der Waals surface area contributed by atoms with Crippen molar-refractivity contribution in [3.05, 3.63) is 65.3 Å². The van der Waals surface area contributed by atoms with Crippen LogP contribution in [-0.4, -0.2) is 30.1 Å². The summed E-state index contributed by atoms with van der Waals surface area (Å²) < 4.78 is 10.8. The summed E-state index contributed by atoms with van der Waals surface area (Å²) in [5.41, 5.74) is 1.33. The molecular weight excluding hydrogens is 394 g/mol. The Morgan fingerprint density at radius 1 is 1.14 bits per heavy atom. The molecule has 0 bridgehead atoms. The zero-order chi connectivity index (χ0) is 20.6. The van der Waals surface area contributed by atoms with E-state index in [9.17, 15) is 9.59 Å². The van der Waals surface area contributed by atoms with Crippen molar-refractivity contribution in [3.63, 3.8) is 0 Å². The van der Waals surface area contributed by atoms with Crippen LogP contribution in [0.2, 0.25) is 5.02 Å². The highest BCUT2D eigenvalue weighted by Crippen LogP contribution is 2.28. The van der Waals surface area contributed by atoms with Crippen LogP contribution in [0.15, 0.2) is 59.1 Å². The molecule has 0 saturated heterocycles. The number of benzene rings is 2. The van der Waals surface area contributed by atoms with Crippen LogP contribution in [0, 0.1) is 0 Å². The average molecular weight is 414 g/mol. The van der Waals surface area contributed by atoms with Gasteiger partial charge >= 0.3 is 0 Å². The number of hydrogen-bond acceptors (Lipinski definition) is 5. The molecule has 2 N–H and O–H groups in total. The van der Waals surface area contributed by atoms with E-state index < -0.39 is 11.8 Å². The summed E-state index contributed by atoms with van der Waals surface area (Å²) in [7, 11) is 0. The maximum atomic E-state index is 12.2. The molecule has 7 nitrogen and oxygen atoms in total. The van der Waals surface area contributed by atoms with Crippen molar-refractivity contribution in [1.82, 2.24) is 10.5 Å². The number of anilines is 1. The summed E-state index contributed by atoms with van der Waals surface area (Å²) in [4.78, 5) is 24.5. The molecule has 0 spiro atoms.